The largest absolute Gasteiger partial charge is 0.342 e. The normalized spacial score (nSPS) is 27.1. The molecule has 2 N–H and O–H groups in total. The number of rotatable bonds is 6. The zero-order chi connectivity index (χ0) is 15.3. The van der Waals surface area contributed by atoms with E-state index in [-0.39, 0.29) is 17.5 Å². The summed E-state index contributed by atoms with van der Waals surface area (Å²) in [6.07, 6.45) is 4.76. The Bertz CT molecular complexity index is 319. The predicted molar refractivity (Wildman–Crippen MR) is 84.6 cm³/mol. The van der Waals surface area contributed by atoms with Crippen molar-refractivity contribution >= 4 is 5.91 Å². The summed E-state index contributed by atoms with van der Waals surface area (Å²) < 4.78 is 0. The molecular weight excluding hydrogens is 250 g/mol. The highest BCUT2D eigenvalue weighted by Gasteiger charge is 2.39. The summed E-state index contributed by atoms with van der Waals surface area (Å²) >= 11 is 0. The first-order valence-electron chi connectivity index (χ1n) is 8.07. The van der Waals surface area contributed by atoms with Gasteiger partial charge >= 0.3 is 0 Å². The first kappa shape index (κ1) is 17.4. The van der Waals surface area contributed by atoms with Crippen molar-refractivity contribution in [1.29, 1.82) is 0 Å². The molecular formula is C16H33N3O. The van der Waals surface area contributed by atoms with E-state index < -0.39 is 0 Å². The van der Waals surface area contributed by atoms with Crippen molar-refractivity contribution in [2.45, 2.75) is 65.0 Å². The second kappa shape index (κ2) is 7.41. The van der Waals surface area contributed by atoms with Gasteiger partial charge in [-0.1, -0.05) is 26.7 Å². The second-order valence-corrected chi connectivity index (χ2v) is 6.74. The van der Waals surface area contributed by atoms with Crippen LogP contribution in [0.2, 0.25) is 0 Å². The van der Waals surface area contributed by atoms with Gasteiger partial charge in [-0.15, -0.1) is 0 Å². The van der Waals surface area contributed by atoms with Gasteiger partial charge in [0.25, 0.3) is 0 Å². The minimum absolute atomic E-state index is 0.0277. The van der Waals surface area contributed by atoms with Crippen LogP contribution in [0.5, 0.6) is 0 Å². The maximum absolute atomic E-state index is 12.4. The lowest BCUT2D eigenvalue weighted by Crippen LogP contribution is -2.58. The molecule has 0 bridgehead atoms. The summed E-state index contributed by atoms with van der Waals surface area (Å²) in [4.78, 5) is 16.5. The minimum atomic E-state index is 0.0277. The van der Waals surface area contributed by atoms with Gasteiger partial charge in [-0.25, -0.2) is 0 Å². The van der Waals surface area contributed by atoms with Crippen molar-refractivity contribution in [3.05, 3.63) is 0 Å². The molecule has 0 radical (unpaired) electrons. The summed E-state index contributed by atoms with van der Waals surface area (Å²) in [7, 11) is 1.89. The van der Waals surface area contributed by atoms with Gasteiger partial charge in [0.05, 0.1) is 6.54 Å². The summed E-state index contributed by atoms with van der Waals surface area (Å²) in [6.45, 7) is 10.6. The highest BCUT2D eigenvalue weighted by Crippen LogP contribution is 2.36. The molecule has 2 unspecified atom stereocenters. The van der Waals surface area contributed by atoms with E-state index in [0.717, 1.165) is 19.4 Å². The predicted octanol–water partition coefficient (Wildman–Crippen LogP) is 2.08. The fraction of sp³-hybridized carbons (Fsp3) is 0.938. The Labute approximate surface area is 124 Å². The Hall–Kier alpha value is -0.610. The number of likely N-dealkylation sites (N-methyl/N-ethyl adjacent to an activating group) is 2. The SMILES string of the molecule is CCN(CC(=O)N(C)C(C)C)C1(CN)CCCC(C)C1. The molecule has 1 fully saturated rings. The Kier molecular flexibility index (Phi) is 6.46. The third-order valence-electron chi connectivity index (χ3n) is 4.99. The molecule has 1 aliphatic rings. The molecule has 0 aromatic rings. The van der Waals surface area contributed by atoms with Gasteiger partial charge < -0.3 is 10.6 Å². The van der Waals surface area contributed by atoms with Gasteiger partial charge in [0.1, 0.15) is 0 Å². The van der Waals surface area contributed by atoms with Crippen LogP contribution < -0.4 is 5.73 Å². The fourth-order valence-corrected chi connectivity index (χ4v) is 3.41. The van der Waals surface area contributed by atoms with Gasteiger partial charge in [0, 0.05) is 25.2 Å². The summed E-state index contributed by atoms with van der Waals surface area (Å²) in [6, 6.07) is 0.250. The summed E-state index contributed by atoms with van der Waals surface area (Å²) in [5.41, 5.74) is 6.15. The van der Waals surface area contributed by atoms with E-state index in [9.17, 15) is 4.79 Å². The molecule has 1 aliphatic carbocycles. The lowest BCUT2D eigenvalue weighted by atomic mass is 9.75. The summed E-state index contributed by atoms with van der Waals surface area (Å²) in [5, 5.41) is 0. The molecule has 0 spiro atoms. The molecule has 118 valence electrons. The standard InChI is InChI=1S/C16H33N3O/c1-6-19(11-15(20)18(5)13(2)3)16(12-17)9-7-8-14(4)10-16/h13-14H,6-12,17H2,1-5H3. The van der Waals surface area contributed by atoms with Gasteiger partial charge in [-0.05, 0) is 39.2 Å². The maximum Gasteiger partial charge on any atom is 0.236 e. The van der Waals surface area contributed by atoms with E-state index >= 15 is 0 Å². The van der Waals surface area contributed by atoms with Gasteiger partial charge in [-0.2, -0.15) is 0 Å². The lowest BCUT2D eigenvalue weighted by Gasteiger charge is -2.47. The quantitative estimate of drug-likeness (QED) is 0.812. The van der Waals surface area contributed by atoms with Gasteiger partial charge in [0.2, 0.25) is 5.91 Å². The van der Waals surface area contributed by atoms with Crippen LogP contribution in [0.1, 0.15) is 53.4 Å². The molecule has 1 rings (SSSR count). The smallest absolute Gasteiger partial charge is 0.236 e. The fourth-order valence-electron chi connectivity index (χ4n) is 3.41. The van der Waals surface area contributed by atoms with E-state index in [1.165, 1.54) is 12.8 Å². The van der Waals surface area contributed by atoms with E-state index in [1.54, 1.807) is 0 Å². The number of carbonyl (C=O) groups is 1. The van der Waals surface area contributed by atoms with Crippen LogP contribution in [0, 0.1) is 5.92 Å². The van der Waals surface area contributed by atoms with Crippen LogP contribution >= 0.6 is 0 Å². The molecule has 0 aromatic heterocycles. The third kappa shape index (κ3) is 3.95. The molecule has 0 heterocycles. The Morgan fingerprint density at radius 1 is 1.45 bits per heavy atom. The van der Waals surface area contributed by atoms with Crippen molar-refractivity contribution < 1.29 is 4.79 Å². The molecule has 4 heteroatoms. The molecule has 0 aromatic carbocycles. The van der Waals surface area contributed by atoms with Crippen molar-refractivity contribution in [3.63, 3.8) is 0 Å². The van der Waals surface area contributed by atoms with Crippen molar-refractivity contribution in [3.8, 4) is 0 Å². The average molecular weight is 283 g/mol. The van der Waals surface area contributed by atoms with Crippen molar-refractivity contribution in [1.82, 2.24) is 9.80 Å². The number of hydrogen-bond donors (Lipinski definition) is 1. The van der Waals surface area contributed by atoms with E-state index in [0.29, 0.717) is 19.0 Å². The maximum atomic E-state index is 12.4. The number of hydrogen-bond acceptors (Lipinski definition) is 3. The third-order valence-corrected chi connectivity index (χ3v) is 4.99. The van der Waals surface area contributed by atoms with E-state index in [1.807, 2.05) is 11.9 Å². The van der Waals surface area contributed by atoms with Crippen LogP contribution in [-0.4, -0.2) is 54.0 Å². The number of carbonyl (C=O) groups excluding carboxylic acids is 1. The highest BCUT2D eigenvalue weighted by molar-refractivity contribution is 5.78. The van der Waals surface area contributed by atoms with Crippen LogP contribution in [-0.2, 0) is 4.79 Å². The first-order valence-corrected chi connectivity index (χ1v) is 8.07. The molecule has 1 saturated carbocycles. The van der Waals surface area contributed by atoms with E-state index in [4.69, 9.17) is 5.73 Å². The van der Waals surface area contributed by atoms with Crippen molar-refractivity contribution in [2.75, 3.05) is 26.7 Å². The monoisotopic (exact) mass is 283 g/mol. The Balaban J connectivity index is 2.79. The first-order chi connectivity index (χ1) is 9.36. The number of nitrogens with two attached hydrogens (primary N) is 1. The van der Waals surface area contributed by atoms with Crippen LogP contribution in [0.25, 0.3) is 0 Å². The number of nitrogens with zero attached hydrogens (tertiary/aromatic N) is 2. The lowest BCUT2D eigenvalue weighted by molar-refractivity contribution is -0.134. The molecule has 0 saturated heterocycles. The van der Waals surface area contributed by atoms with Gasteiger partial charge in [-0.3, -0.25) is 9.69 Å². The average Bonchev–Trinajstić information content (AvgIpc) is 2.43. The Morgan fingerprint density at radius 3 is 2.55 bits per heavy atom. The van der Waals surface area contributed by atoms with Crippen LogP contribution in [0.15, 0.2) is 0 Å². The molecule has 1 amide bonds. The zero-order valence-corrected chi connectivity index (χ0v) is 14.0. The topological polar surface area (TPSA) is 49.6 Å². The van der Waals surface area contributed by atoms with Gasteiger partial charge in [0.15, 0.2) is 0 Å². The second-order valence-electron chi connectivity index (χ2n) is 6.74. The van der Waals surface area contributed by atoms with Crippen LogP contribution in [0.4, 0.5) is 0 Å². The Morgan fingerprint density at radius 2 is 2.10 bits per heavy atom. The summed E-state index contributed by atoms with van der Waals surface area (Å²) in [5.74, 6) is 0.909. The zero-order valence-electron chi connectivity index (χ0n) is 14.0. The molecule has 20 heavy (non-hydrogen) atoms. The molecule has 2 atom stereocenters. The molecule has 0 aliphatic heterocycles. The number of amides is 1. The highest BCUT2D eigenvalue weighted by atomic mass is 16.2. The van der Waals surface area contributed by atoms with E-state index in [2.05, 4.69) is 32.6 Å². The van der Waals surface area contributed by atoms with Crippen molar-refractivity contribution in [2.24, 2.45) is 11.7 Å². The minimum Gasteiger partial charge on any atom is -0.342 e. The molecule has 4 nitrogen and oxygen atoms in total. The van der Waals surface area contributed by atoms with Crippen LogP contribution in [0.3, 0.4) is 0 Å².